The third-order valence-electron chi connectivity index (χ3n) is 3.87. The Morgan fingerprint density at radius 3 is 2.85 bits per heavy atom. The van der Waals surface area contributed by atoms with Crippen LogP contribution in [-0.2, 0) is 17.8 Å². The van der Waals surface area contributed by atoms with Gasteiger partial charge in [0, 0.05) is 39.4 Å². The molecule has 0 aliphatic carbocycles. The van der Waals surface area contributed by atoms with Gasteiger partial charge in [0.25, 0.3) is 5.91 Å². The third-order valence-corrected chi connectivity index (χ3v) is 3.87. The maximum Gasteiger partial charge on any atom is 0.274 e. The van der Waals surface area contributed by atoms with Crippen molar-refractivity contribution in [3.63, 3.8) is 0 Å². The SMILES string of the molecule is NCN1CCCn2nc(C(=O)N3CCOCC3)cc2C1. The van der Waals surface area contributed by atoms with Crippen molar-refractivity contribution in [3.8, 4) is 0 Å². The molecule has 0 saturated carbocycles. The van der Waals surface area contributed by atoms with Crippen LogP contribution in [0.4, 0.5) is 0 Å². The van der Waals surface area contributed by atoms with Crippen LogP contribution in [0.1, 0.15) is 22.6 Å². The fraction of sp³-hybridized carbons (Fsp3) is 0.692. The zero-order valence-electron chi connectivity index (χ0n) is 11.6. The minimum atomic E-state index is 0.00757. The molecule has 7 nitrogen and oxygen atoms in total. The molecule has 20 heavy (non-hydrogen) atoms. The number of aryl methyl sites for hydroxylation is 1. The van der Waals surface area contributed by atoms with Crippen LogP contribution in [0.2, 0.25) is 0 Å². The highest BCUT2D eigenvalue weighted by Gasteiger charge is 2.23. The van der Waals surface area contributed by atoms with Gasteiger partial charge in [-0.2, -0.15) is 5.10 Å². The molecule has 3 rings (SSSR count). The maximum absolute atomic E-state index is 12.4. The normalized spacial score (nSPS) is 20.6. The molecule has 2 N–H and O–H groups in total. The van der Waals surface area contributed by atoms with Gasteiger partial charge in [0.1, 0.15) is 0 Å². The van der Waals surface area contributed by atoms with Gasteiger partial charge < -0.3 is 15.4 Å². The van der Waals surface area contributed by atoms with Crippen molar-refractivity contribution in [3.05, 3.63) is 17.5 Å². The second kappa shape index (κ2) is 5.90. The van der Waals surface area contributed by atoms with Crippen molar-refractivity contribution in [2.24, 2.45) is 5.73 Å². The van der Waals surface area contributed by atoms with Crippen LogP contribution < -0.4 is 5.73 Å². The topological polar surface area (TPSA) is 76.6 Å². The number of morpholine rings is 1. The zero-order valence-corrected chi connectivity index (χ0v) is 11.6. The molecule has 0 radical (unpaired) electrons. The summed E-state index contributed by atoms with van der Waals surface area (Å²) in [5, 5.41) is 4.47. The first kappa shape index (κ1) is 13.5. The van der Waals surface area contributed by atoms with Gasteiger partial charge in [-0.1, -0.05) is 0 Å². The van der Waals surface area contributed by atoms with Gasteiger partial charge in [-0.25, -0.2) is 0 Å². The Labute approximate surface area is 118 Å². The van der Waals surface area contributed by atoms with Gasteiger partial charge >= 0.3 is 0 Å². The fourth-order valence-electron chi connectivity index (χ4n) is 2.72. The molecule has 0 aromatic carbocycles. The van der Waals surface area contributed by atoms with Crippen LogP contribution in [0.15, 0.2) is 6.07 Å². The minimum Gasteiger partial charge on any atom is -0.378 e. The second-order valence-corrected chi connectivity index (χ2v) is 5.24. The number of nitrogens with zero attached hydrogens (tertiary/aromatic N) is 4. The summed E-state index contributed by atoms with van der Waals surface area (Å²) >= 11 is 0. The van der Waals surface area contributed by atoms with Crippen LogP contribution in [0, 0.1) is 0 Å². The van der Waals surface area contributed by atoms with E-state index in [0.717, 1.165) is 31.7 Å². The molecule has 1 fully saturated rings. The van der Waals surface area contributed by atoms with Crippen molar-refractivity contribution in [2.45, 2.75) is 19.5 Å². The van der Waals surface area contributed by atoms with E-state index in [1.54, 1.807) is 0 Å². The number of amides is 1. The minimum absolute atomic E-state index is 0.00757. The highest BCUT2D eigenvalue weighted by Crippen LogP contribution is 2.15. The first-order valence-electron chi connectivity index (χ1n) is 7.14. The van der Waals surface area contributed by atoms with Gasteiger partial charge in [-0.05, 0) is 12.5 Å². The van der Waals surface area contributed by atoms with Gasteiger partial charge in [-0.3, -0.25) is 14.4 Å². The van der Waals surface area contributed by atoms with Crippen LogP contribution >= 0.6 is 0 Å². The maximum atomic E-state index is 12.4. The lowest BCUT2D eigenvalue weighted by Gasteiger charge is -2.25. The predicted molar refractivity (Wildman–Crippen MR) is 73.0 cm³/mol. The van der Waals surface area contributed by atoms with Crippen molar-refractivity contribution in [1.82, 2.24) is 19.6 Å². The number of aromatic nitrogens is 2. The Morgan fingerprint density at radius 1 is 1.30 bits per heavy atom. The fourth-order valence-corrected chi connectivity index (χ4v) is 2.72. The van der Waals surface area contributed by atoms with Crippen molar-refractivity contribution >= 4 is 5.91 Å². The molecule has 0 atom stereocenters. The van der Waals surface area contributed by atoms with Gasteiger partial charge in [0.2, 0.25) is 0 Å². The van der Waals surface area contributed by atoms with E-state index in [1.807, 2.05) is 15.6 Å². The molecular formula is C13H21N5O2. The van der Waals surface area contributed by atoms with E-state index in [0.29, 0.717) is 38.7 Å². The van der Waals surface area contributed by atoms with Crippen LogP contribution in [0.5, 0.6) is 0 Å². The molecule has 110 valence electrons. The number of nitrogens with two attached hydrogens (primary N) is 1. The van der Waals surface area contributed by atoms with E-state index in [2.05, 4.69) is 10.00 Å². The van der Waals surface area contributed by atoms with E-state index < -0.39 is 0 Å². The number of hydrogen-bond acceptors (Lipinski definition) is 5. The molecule has 3 heterocycles. The third kappa shape index (κ3) is 2.70. The summed E-state index contributed by atoms with van der Waals surface area (Å²) in [4.78, 5) is 16.4. The van der Waals surface area contributed by atoms with Crippen molar-refractivity contribution in [2.75, 3.05) is 39.5 Å². The number of rotatable bonds is 2. The zero-order chi connectivity index (χ0) is 13.9. The summed E-state index contributed by atoms with van der Waals surface area (Å²) in [6.45, 7) is 5.65. The monoisotopic (exact) mass is 279 g/mol. The van der Waals surface area contributed by atoms with Gasteiger partial charge in [0.15, 0.2) is 5.69 Å². The lowest BCUT2D eigenvalue weighted by molar-refractivity contribution is 0.0298. The molecule has 7 heteroatoms. The molecule has 0 unspecified atom stereocenters. The van der Waals surface area contributed by atoms with Crippen LogP contribution in [0.3, 0.4) is 0 Å². The number of fused-ring (bicyclic) bond motifs is 1. The standard InChI is InChI=1S/C13H21N5O2/c14-10-16-2-1-3-18-11(9-16)8-12(15-18)13(19)17-4-6-20-7-5-17/h8H,1-7,9-10,14H2. The predicted octanol–water partition coefficient (Wildman–Crippen LogP) is -0.523. The van der Waals surface area contributed by atoms with E-state index in [-0.39, 0.29) is 5.91 Å². The molecule has 2 aliphatic rings. The number of carbonyl (C=O) groups excluding carboxylic acids is 1. The lowest BCUT2D eigenvalue weighted by atomic mass is 10.3. The summed E-state index contributed by atoms with van der Waals surface area (Å²) in [6, 6.07) is 1.91. The average molecular weight is 279 g/mol. The quantitative estimate of drug-likeness (QED) is 0.788. The number of hydrogen-bond donors (Lipinski definition) is 1. The highest BCUT2D eigenvalue weighted by molar-refractivity contribution is 5.92. The summed E-state index contributed by atoms with van der Waals surface area (Å²) in [5.74, 6) is 0.00757. The van der Waals surface area contributed by atoms with Crippen molar-refractivity contribution < 1.29 is 9.53 Å². The molecular weight excluding hydrogens is 258 g/mol. The Bertz CT molecular complexity index is 481. The Hall–Kier alpha value is -1.44. The van der Waals surface area contributed by atoms with Gasteiger partial charge in [0.05, 0.1) is 18.9 Å². The first-order chi connectivity index (χ1) is 9.78. The molecule has 0 spiro atoms. The smallest absolute Gasteiger partial charge is 0.274 e. The lowest BCUT2D eigenvalue weighted by Crippen LogP contribution is -2.40. The highest BCUT2D eigenvalue weighted by atomic mass is 16.5. The Morgan fingerprint density at radius 2 is 2.10 bits per heavy atom. The molecule has 2 aliphatic heterocycles. The van der Waals surface area contributed by atoms with Crippen LogP contribution in [-0.4, -0.2) is 65.0 Å². The van der Waals surface area contributed by atoms with Gasteiger partial charge in [-0.15, -0.1) is 0 Å². The summed E-state index contributed by atoms with van der Waals surface area (Å²) in [5.41, 5.74) is 7.34. The molecule has 0 bridgehead atoms. The van der Waals surface area contributed by atoms with E-state index in [9.17, 15) is 4.79 Å². The summed E-state index contributed by atoms with van der Waals surface area (Å²) in [7, 11) is 0. The van der Waals surface area contributed by atoms with Crippen LogP contribution in [0.25, 0.3) is 0 Å². The largest absolute Gasteiger partial charge is 0.378 e. The summed E-state index contributed by atoms with van der Waals surface area (Å²) in [6.07, 6.45) is 1.01. The number of carbonyl (C=O) groups is 1. The van der Waals surface area contributed by atoms with E-state index in [4.69, 9.17) is 10.5 Å². The molecule has 1 saturated heterocycles. The summed E-state index contributed by atoms with van der Waals surface area (Å²) < 4.78 is 7.22. The Kier molecular flexibility index (Phi) is 4.00. The van der Waals surface area contributed by atoms with Crippen molar-refractivity contribution in [1.29, 1.82) is 0 Å². The molecule has 1 amide bonds. The van der Waals surface area contributed by atoms with E-state index in [1.165, 1.54) is 0 Å². The Balaban J connectivity index is 1.76. The first-order valence-corrected chi connectivity index (χ1v) is 7.14. The average Bonchev–Trinajstić information content (AvgIpc) is 2.79. The molecule has 1 aromatic rings. The molecule has 1 aromatic heterocycles. The second-order valence-electron chi connectivity index (χ2n) is 5.24. The van der Waals surface area contributed by atoms with E-state index >= 15 is 0 Å². The number of ether oxygens (including phenoxy) is 1.